The fraction of sp³-hybridized carbons (Fsp3) is 0.250. The third kappa shape index (κ3) is 6.10. The smallest absolute Gasteiger partial charge is 0.262 e. The van der Waals surface area contributed by atoms with E-state index in [0.29, 0.717) is 10.6 Å². The summed E-state index contributed by atoms with van der Waals surface area (Å²) in [7, 11) is 1.43. The van der Waals surface area contributed by atoms with Crippen molar-refractivity contribution in [2.75, 3.05) is 7.11 Å². The molecule has 2 rings (SSSR count). The molecule has 0 aliphatic heterocycles. The first kappa shape index (κ1) is 22.5. The molecular weight excluding hydrogens is 417 g/mol. The lowest BCUT2D eigenvalue weighted by Crippen LogP contribution is -2.48. The van der Waals surface area contributed by atoms with Crippen LogP contribution in [0.2, 0.25) is 10.0 Å². The van der Waals surface area contributed by atoms with Gasteiger partial charge >= 0.3 is 0 Å². The first-order valence-electron chi connectivity index (χ1n) is 8.68. The highest BCUT2D eigenvalue weighted by Gasteiger charge is 2.25. The number of hydrogen-bond donors (Lipinski definition) is 3. The van der Waals surface area contributed by atoms with Crippen LogP contribution in [-0.4, -0.2) is 36.3 Å². The van der Waals surface area contributed by atoms with Crippen molar-refractivity contribution in [3.63, 3.8) is 0 Å². The van der Waals surface area contributed by atoms with E-state index in [1.807, 2.05) is 0 Å². The van der Waals surface area contributed by atoms with E-state index in [-0.39, 0.29) is 28.0 Å². The van der Waals surface area contributed by atoms with Crippen LogP contribution in [0.15, 0.2) is 41.5 Å². The van der Waals surface area contributed by atoms with Gasteiger partial charge in [-0.15, -0.1) is 0 Å². The molecule has 0 saturated carbocycles. The number of ether oxygens (including phenoxy) is 1. The summed E-state index contributed by atoms with van der Waals surface area (Å²) in [5.41, 5.74) is 3.23. The Morgan fingerprint density at radius 1 is 1.17 bits per heavy atom. The molecule has 0 heterocycles. The molecule has 0 aromatic heterocycles. The number of benzene rings is 2. The third-order valence-corrected chi connectivity index (χ3v) is 4.55. The number of methoxy groups -OCH3 is 1. The number of halogens is 2. The van der Waals surface area contributed by atoms with Crippen LogP contribution in [0.1, 0.15) is 29.8 Å². The number of amides is 2. The summed E-state index contributed by atoms with van der Waals surface area (Å²) < 4.78 is 5.02. The Morgan fingerprint density at radius 3 is 2.52 bits per heavy atom. The lowest BCUT2D eigenvalue weighted by atomic mass is 10.0. The fourth-order valence-corrected chi connectivity index (χ4v) is 2.94. The minimum atomic E-state index is -0.833. The monoisotopic (exact) mass is 437 g/mol. The maximum Gasteiger partial charge on any atom is 0.262 e. The van der Waals surface area contributed by atoms with Gasteiger partial charge in [-0.1, -0.05) is 37.0 Å². The molecule has 2 aromatic carbocycles. The number of nitrogens with one attached hydrogen (secondary N) is 2. The number of rotatable bonds is 7. The highest BCUT2D eigenvalue weighted by atomic mass is 35.5. The molecule has 2 amide bonds. The van der Waals surface area contributed by atoms with Gasteiger partial charge in [-0.2, -0.15) is 5.10 Å². The SMILES string of the molecule is COc1cc(/C=N/NC(=O)C(NC(=O)c2ccc(Cl)cc2Cl)C(C)C)ccc1O. The number of carbonyl (C=O) groups is 2. The van der Waals surface area contributed by atoms with Gasteiger partial charge in [0.25, 0.3) is 11.8 Å². The maximum absolute atomic E-state index is 12.5. The quantitative estimate of drug-likeness (QED) is 0.454. The second-order valence-electron chi connectivity index (χ2n) is 6.48. The number of nitrogens with zero attached hydrogens (tertiary/aromatic N) is 1. The molecule has 1 atom stereocenters. The van der Waals surface area contributed by atoms with E-state index < -0.39 is 17.9 Å². The van der Waals surface area contributed by atoms with Crippen LogP contribution >= 0.6 is 23.2 Å². The first-order chi connectivity index (χ1) is 13.7. The molecule has 29 heavy (non-hydrogen) atoms. The van der Waals surface area contributed by atoms with Crippen molar-refractivity contribution in [3.8, 4) is 11.5 Å². The average Bonchev–Trinajstić information content (AvgIpc) is 2.66. The molecule has 2 aromatic rings. The van der Waals surface area contributed by atoms with Gasteiger partial charge < -0.3 is 15.2 Å². The molecule has 0 saturated heterocycles. The minimum absolute atomic E-state index is 0.00266. The topological polar surface area (TPSA) is 100 Å². The van der Waals surface area contributed by atoms with Crippen LogP contribution in [0, 0.1) is 5.92 Å². The Hall–Kier alpha value is -2.77. The van der Waals surface area contributed by atoms with E-state index in [4.69, 9.17) is 27.9 Å². The Morgan fingerprint density at radius 2 is 1.90 bits per heavy atom. The van der Waals surface area contributed by atoms with E-state index in [1.54, 1.807) is 32.0 Å². The predicted molar refractivity (Wildman–Crippen MR) is 113 cm³/mol. The van der Waals surface area contributed by atoms with Crippen molar-refractivity contribution in [1.29, 1.82) is 0 Å². The van der Waals surface area contributed by atoms with Crippen LogP contribution in [0.25, 0.3) is 0 Å². The molecule has 0 aliphatic rings. The third-order valence-electron chi connectivity index (χ3n) is 4.00. The van der Waals surface area contributed by atoms with Crippen molar-refractivity contribution in [2.24, 2.45) is 11.0 Å². The molecular formula is C20H21Cl2N3O4. The molecule has 7 nitrogen and oxygen atoms in total. The normalized spacial score (nSPS) is 12.1. The van der Waals surface area contributed by atoms with E-state index >= 15 is 0 Å². The zero-order chi connectivity index (χ0) is 21.6. The van der Waals surface area contributed by atoms with Crippen LogP contribution in [0.4, 0.5) is 0 Å². The molecule has 1 unspecified atom stereocenters. The first-order valence-corrected chi connectivity index (χ1v) is 9.44. The highest BCUT2D eigenvalue weighted by Crippen LogP contribution is 2.25. The summed E-state index contributed by atoms with van der Waals surface area (Å²) in [5, 5.41) is 16.8. The van der Waals surface area contributed by atoms with Gasteiger partial charge in [0.2, 0.25) is 0 Å². The van der Waals surface area contributed by atoms with Crippen molar-refractivity contribution in [2.45, 2.75) is 19.9 Å². The number of carbonyl (C=O) groups excluding carboxylic acids is 2. The highest BCUT2D eigenvalue weighted by molar-refractivity contribution is 6.36. The van der Waals surface area contributed by atoms with Gasteiger partial charge in [0.05, 0.1) is 23.9 Å². The van der Waals surface area contributed by atoms with Crippen LogP contribution in [-0.2, 0) is 4.79 Å². The zero-order valence-electron chi connectivity index (χ0n) is 16.1. The van der Waals surface area contributed by atoms with E-state index in [0.717, 1.165) is 0 Å². The van der Waals surface area contributed by atoms with Gasteiger partial charge in [0, 0.05) is 5.02 Å². The number of phenols is 1. The summed E-state index contributed by atoms with van der Waals surface area (Å²) in [4.78, 5) is 25.0. The number of aromatic hydroxyl groups is 1. The van der Waals surface area contributed by atoms with E-state index in [1.165, 1.54) is 31.5 Å². The molecule has 0 radical (unpaired) electrons. The van der Waals surface area contributed by atoms with E-state index in [2.05, 4.69) is 15.8 Å². The van der Waals surface area contributed by atoms with Crippen molar-refractivity contribution in [3.05, 3.63) is 57.6 Å². The molecule has 0 spiro atoms. The minimum Gasteiger partial charge on any atom is -0.504 e. The largest absolute Gasteiger partial charge is 0.504 e. The Bertz CT molecular complexity index is 932. The number of hydrogen-bond acceptors (Lipinski definition) is 5. The Labute approximate surface area is 178 Å². The number of hydrazone groups is 1. The molecule has 0 bridgehead atoms. The standard InChI is InChI=1S/C20H21Cl2N3O4/c1-11(2)18(24-19(27)14-6-5-13(21)9-15(14)22)20(28)25-23-10-12-4-7-16(26)17(8-12)29-3/h4-11,18,26H,1-3H3,(H,24,27)(H,25,28)/b23-10+. The fourth-order valence-electron chi connectivity index (χ4n) is 2.44. The zero-order valence-corrected chi connectivity index (χ0v) is 17.6. The summed E-state index contributed by atoms with van der Waals surface area (Å²) >= 11 is 11.9. The van der Waals surface area contributed by atoms with Gasteiger partial charge in [-0.3, -0.25) is 9.59 Å². The lowest BCUT2D eigenvalue weighted by Gasteiger charge is -2.20. The second-order valence-corrected chi connectivity index (χ2v) is 7.33. The summed E-state index contributed by atoms with van der Waals surface area (Å²) in [6.07, 6.45) is 1.40. The molecule has 3 N–H and O–H groups in total. The molecule has 0 aliphatic carbocycles. The van der Waals surface area contributed by atoms with Crippen molar-refractivity contribution >= 4 is 41.2 Å². The van der Waals surface area contributed by atoms with Gasteiger partial charge in [-0.05, 0) is 47.9 Å². The summed E-state index contributed by atoms with van der Waals surface area (Å²) in [5.74, 6) is -0.897. The summed E-state index contributed by atoms with van der Waals surface area (Å²) in [6.45, 7) is 3.59. The van der Waals surface area contributed by atoms with Crippen molar-refractivity contribution in [1.82, 2.24) is 10.7 Å². The van der Waals surface area contributed by atoms with Gasteiger partial charge in [-0.25, -0.2) is 5.43 Å². The Balaban J connectivity index is 2.06. The lowest BCUT2D eigenvalue weighted by molar-refractivity contribution is -0.123. The van der Waals surface area contributed by atoms with Gasteiger partial charge in [0.15, 0.2) is 11.5 Å². The molecule has 154 valence electrons. The number of phenolic OH excluding ortho intramolecular Hbond substituents is 1. The van der Waals surface area contributed by atoms with Gasteiger partial charge in [0.1, 0.15) is 6.04 Å². The predicted octanol–water partition coefficient (Wildman–Crippen LogP) is 3.61. The maximum atomic E-state index is 12.5. The van der Waals surface area contributed by atoms with E-state index in [9.17, 15) is 14.7 Å². The van der Waals surface area contributed by atoms with Crippen LogP contribution in [0.5, 0.6) is 11.5 Å². The Kier molecular flexibility index (Phi) is 7.87. The average molecular weight is 438 g/mol. The van der Waals surface area contributed by atoms with Crippen molar-refractivity contribution < 1.29 is 19.4 Å². The van der Waals surface area contributed by atoms with Crippen LogP contribution < -0.4 is 15.5 Å². The van der Waals surface area contributed by atoms with Crippen LogP contribution in [0.3, 0.4) is 0 Å². The second kappa shape index (κ2) is 10.1. The molecule has 9 heteroatoms. The molecule has 0 fully saturated rings. The summed E-state index contributed by atoms with van der Waals surface area (Å²) in [6, 6.07) is 8.29.